The van der Waals surface area contributed by atoms with Crippen LogP contribution in [0.15, 0.2) is 18.5 Å². The van der Waals surface area contributed by atoms with E-state index in [1.54, 1.807) is 12.3 Å². The van der Waals surface area contributed by atoms with Gasteiger partial charge < -0.3 is 10.6 Å². The van der Waals surface area contributed by atoms with Crippen LogP contribution in [0.5, 0.6) is 0 Å². The Hall–Kier alpha value is -2.86. The van der Waals surface area contributed by atoms with Crippen LogP contribution >= 0.6 is 0 Å². The first-order valence-corrected chi connectivity index (χ1v) is 12.9. The van der Waals surface area contributed by atoms with Crippen molar-refractivity contribution in [3.8, 4) is 0 Å². The lowest BCUT2D eigenvalue weighted by Gasteiger charge is -2.33. The van der Waals surface area contributed by atoms with E-state index in [0.29, 0.717) is 16.9 Å². The van der Waals surface area contributed by atoms with Gasteiger partial charge in [-0.25, -0.2) is 22.7 Å². The molecule has 208 valence electrons. The van der Waals surface area contributed by atoms with Crippen LogP contribution in [0.25, 0.3) is 5.65 Å². The Bertz CT molecular complexity index is 1190. The summed E-state index contributed by atoms with van der Waals surface area (Å²) in [6.45, 7) is 0. The molecule has 38 heavy (non-hydrogen) atoms. The van der Waals surface area contributed by atoms with E-state index in [-0.39, 0.29) is 43.9 Å². The Morgan fingerprint density at radius 3 is 2.34 bits per heavy atom. The molecule has 2 aromatic rings. The maximum Gasteiger partial charge on any atom is 0.389 e. The van der Waals surface area contributed by atoms with E-state index >= 15 is 0 Å². The molecule has 2 amide bonds. The average Bonchev–Trinajstić information content (AvgIpc) is 3.77. The average molecular weight is 546 g/mol. The van der Waals surface area contributed by atoms with Crippen LogP contribution in [0.1, 0.15) is 81.1 Å². The fraction of sp³-hybridized carbons (Fsp3) is 0.680. The maximum absolute atomic E-state index is 13.8. The zero-order chi connectivity index (χ0) is 27.2. The first-order chi connectivity index (χ1) is 17.9. The predicted octanol–water partition coefficient (Wildman–Crippen LogP) is 4.98. The number of amides is 2. The topological polar surface area (TPSA) is 88.4 Å². The highest BCUT2D eigenvalue weighted by molar-refractivity contribution is 5.82. The van der Waals surface area contributed by atoms with Gasteiger partial charge in [0, 0.05) is 19.3 Å². The molecule has 2 aromatic heterocycles. The zero-order valence-corrected chi connectivity index (χ0v) is 20.5. The van der Waals surface area contributed by atoms with Gasteiger partial charge in [-0.3, -0.25) is 9.59 Å². The molecule has 3 fully saturated rings. The molecule has 0 aliphatic heterocycles. The molecule has 0 bridgehead atoms. The summed E-state index contributed by atoms with van der Waals surface area (Å²) in [7, 11) is 0. The van der Waals surface area contributed by atoms with Gasteiger partial charge >= 0.3 is 6.18 Å². The fourth-order valence-corrected chi connectivity index (χ4v) is 5.16. The van der Waals surface area contributed by atoms with Crippen LogP contribution in [0, 0.1) is 17.8 Å². The third-order valence-corrected chi connectivity index (χ3v) is 7.66. The number of nitrogens with one attached hydrogen (secondary N) is 2. The number of halogens is 6. The van der Waals surface area contributed by atoms with E-state index in [1.807, 2.05) is 0 Å². The van der Waals surface area contributed by atoms with Crippen molar-refractivity contribution in [2.24, 2.45) is 17.8 Å². The molecule has 13 heteroatoms. The Morgan fingerprint density at radius 2 is 1.74 bits per heavy atom. The molecule has 3 saturated carbocycles. The third kappa shape index (κ3) is 6.40. The second kappa shape index (κ2) is 10.0. The quantitative estimate of drug-likeness (QED) is 0.435. The highest BCUT2D eigenvalue weighted by Gasteiger charge is 2.46. The van der Waals surface area contributed by atoms with Crippen LogP contribution in [-0.2, 0) is 9.59 Å². The highest BCUT2D eigenvalue weighted by atomic mass is 19.4. The first kappa shape index (κ1) is 26.7. The summed E-state index contributed by atoms with van der Waals surface area (Å²) in [5, 5.41) is 9.86. The number of fused-ring (bicyclic) bond motifs is 1. The normalized spacial score (nSPS) is 25.1. The molecule has 0 saturated heterocycles. The molecule has 7 nitrogen and oxygen atoms in total. The summed E-state index contributed by atoms with van der Waals surface area (Å²) in [5.41, 5.74) is 1.38. The van der Waals surface area contributed by atoms with Gasteiger partial charge in [0.25, 0.3) is 0 Å². The van der Waals surface area contributed by atoms with Crippen LogP contribution in [0.4, 0.5) is 26.3 Å². The molecule has 0 unspecified atom stereocenters. The van der Waals surface area contributed by atoms with Gasteiger partial charge in [0.15, 0.2) is 5.65 Å². The Kier molecular flexibility index (Phi) is 7.06. The largest absolute Gasteiger partial charge is 0.389 e. The fourth-order valence-electron chi connectivity index (χ4n) is 5.16. The third-order valence-electron chi connectivity index (χ3n) is 7.66. The highest BCUT2D eigenvalue weighted by Crippen LogP contribution is 2.43. The van der Waals surface area contributed by atoms with E-state index in [9.17, 15) is 35.9 Å². The number of alkyl halides is 6. The van der Waals surface area contributed by atoms with Gasteiger partial charge in [-0.15, -0.1) is 0 Å². The first-order valence-electron chi connectivity index (χ1n) is 12.9. The summed E-state index contributed by atoms with van der Waals surface area (Å²) >= 11 is 0. The van der Waals surface area contributed by atoms with Crippen molar-refractivity contribution in [1.82, 2.24) is 25.2 Å². The van der Waals surface area contributed by atoms with E-state index in [2.05, 4.69) is 20.7 Å². The number of nitrogens with zero attached hydrogens (tertiary/aromatic N) is 3. The number of aromatic nitrogens is 3. The van der Waals surface area contributed by atoms with E-state index < -0.39 is 60.9 Å². The van der Waals surface area contributed by atoms with Crippen molar-refractivity contribution in [3.63, 3.8) is 0 Å². The number of imidazole rings is 1. The van der Waals surface area contributed by atoms with Gasteiger partial charge in [0.1, 0.15) is 6.17 Å². The number of carbonyl (C=O) groups excluding carboxylic acids is 2. The molecular formula is C25H29F6N5O2. The summed E-state index contributed by atoms with van der Waals surface area (Å²) < 4.78 is 80.1. The van der Waals surface area contributed by atoms with Crippen molar-refractivity contribution in [3.05, 3.63) is 29.7 Å². The number of carbonyl (C=O) groups is 2. The molecule has 5 rings (SSSR count). The molecule has 3 aliphatic carbocycles. The van der Waals surface area contributed by atoms with Crippen molar-refractivity contribution < 1.29 is 35.9 Å². The number of rotatable bonds is 9. The van der Waals surface area contributed by atoms with Gasteiger partial charge in [-0.2, -0.15) is 18.3 Å². The Balaban J connectivity index is 1.36. The lowest BCUT2D eigenvalue weighted by Crippen LogP contribution is -2.38. The summed E-state index contributed by atoms with van der Waals surface area (Å²) in [4.78, 5) is 29.4. The lowest BCUT2D eigenvalue weighted by molar-refractivity contribution is -0.144. The van der Waals surface area contributed by atoms with Crippen molar-refractivity contribution in [2.45, 2.75) is 88.1 Å². The van der Waals surface area contributed by atoms with E-state index in [1.165, 1.54) is 10.7 Å². The zero-order valence-electron chi connectivity index (χ0n) is 20.5. The van der Waals surface area contributed by atoms with Gasteiger partial charge in [0.2, 0.25) is 17.7 Å². The summed E-state index contributed by atoms with van der Waals surface area (Å²) in [6, 6.07) is 0.467. The molecule has 0 spiro atoms. The van der Waals surface area contributed by atoms with Gasteiger partial charge in [-0.1, -0.05) is 0 Å². The molecule has 0 radical (unpaired) electrons. The molecule has 4 atom stereocenters. The van der Waals surface area contributed by atoms with Gasteiger partial charge in [0.05, 0.1) is 42.5 Å². The summed E-state index contributed by atoms with van der Waals surface area (Å²) in [6.07, 6.45) is -2.94. The van der Waals surface area contributed by atoms with E-state index in [0.717, 1.165) is 12.8 Å². The lowest BCUT2D eigenvalue weighted by atomic mass is 9.81. The summed E-state index contributed by atoms with van der Waals surface area (Å²) in [5.74, 6) is -4.92. The van der Waals surface area contributed by atoms with Gasteiger partial charge in [-0.05, 0) is 55.6 Å². The standard InChI is InChI=1S/C25H29F6N5O2/c26-17-10-16(17)23(38)35-22(14-3-6-24(27,28)7-4-14)18-12-36-19(33-18)9-15(11-32-36)21(13-1-2-13)34-20(37)5-8-25(29,30)31/h9,11-14,16-17,21-22H,1-8,10H2,(H,34,37)(H,35,38)/t16-,17-,21-,22+/m1/s1. The minimum Gasteiger partial charge on any atom is -0.349 e. The van der Waals surface area contributed by atoms with Crippen LogP contribution in [0.2, 0.25) is 0 Å². The SMILES string of the molecule is O=C(CCC(F)(F)F)N[C@@H](c1cnn2cc([C@@H](NC(=O)[C@@H]3C[C@H]3F)C3CCC(F)(F)CC3)nc2c1)C1CC1. The second-order valence-corrected chi connectivity index (χ2v) is 10.8. The van der Waals surface area contributed by atoms with Crippen molar-refractivity contribution >= 4 is 17.5 Å². The minimum absolute atomic E-state index is 0.0756. The smallest absolute Gasteiger partial charge is 0.349 e. The van der Waals surface area contributed by atoms with Crippen LogP contribution in [0.3, 0.4) is 0 Å². The van der Waals surface area contributed by atoms with Crippen LogP contribution < -0.4 is 10.6 Å². The molecule has 0 aromatic carbocycles. The number of hydrogen-bond donors (Lipinski definition) is 2. The van der Waals surface area contributed by atoms with Crippen molar-refractivity contribution in [1.29, 1.82) is 0 Å². The molecule has 2 heterocycles. The molecular weight excluding hydrogens is 516 g/mol. The minimum atomic E-state index is -4.43. The molecule has 2 N–H and O–H groups in total. The van der Waals surface area contributed by atoms with E-state index in [4.69, 9.17) is 0 Å². The Morgan fingerprint density at radius 1 is 1.08 bits per heavy atom. The van der Waals surface area contributed by atoms with Crippen LogP contribution in [-0.4, -0.2) is 44.7 Å². The molecule has 3 aliphatic rings. The van der Waals surface area contributed by atoms with Crippen molar-refractivity contribution in [2.75, 3.05) is 0 Å². The Labute approximate surface area is 214 Å². The number of hydrogen-bond acceptors (Lipinski definition) is 4. The second-order valence-electron chi connectivity index (χ2n) is 10.8. The predicted molar refractivity (Wildman–Crippen MR) is 123 cm³/mol. The monoisotopic (exact) mass is 545 g/mol. The maximum atomic E-state index is 13.8.